The second kappa shape index (κ2) is 9.17. The molecule has 0 spiro atoms. The van der Waals surface area contributed by atoms with Crippen molar-refractivity contribution in [2.24, 2.45) is 5.92 Å². The number of urea groups is 1. The molecule has 0 saturated heterocycles. The van der Waals surface area contributed by atoms with Gasteiger partial charge in [-0.1, -0.05) is 26.2 Å². The molecule has 1 aliphatic heterocycles. The highest BCUT2D eigenvalue weighted by molar-refractivity contribution is 5.73. The molecule has 2 heterocycles. The summed E-state index contributed by atoms with van der Waals surface area (Å²) in [5, 5.41) is 14.2. The Labute approximate surface area is 149 Å². The molecule has 1 aromatic rings. The molecule has 0 bridgehead atoms. The molecular weight excluding hydrogens is 318 g/mol. The first-order chi connectivity index (χ1) is 12.2. The van der Waals surface area contributed by atoms with Gasteiger partial charge in [0.1, 0.15) is 5.82 Å². The van der Waals surface area contributed by atoms with Crippen LogP contribution in [0, 0.1) is 5.92 Å². The van der Waals surface area contributed by atoms with Crippen molar-refractivity contribution in [3.8, 4) is 0 Å². The predicted molar refractivity (Wildman–Crippen MR) is 95.2 cm³/mol. The third kappa shape index (κ3) is 5.17. The van der Waals surface area contributed by atoms with Gasteiger partial charge >= 0.3 is 6.03 Å². The van der Waals surface area contributed by atoms with Gasteiger partial charge in [-0.3, -0.25) is 0 Å². The third-order valence-electron chi connectivity index (χ3n) is 5.35. The zero-order valence-corrected chi connectivity index (χ0v) is 15.3. The van der Waals surface area contributed by atoms with E-state index in [2.05, 4.69) is 32.3 Å². The maximum absolute atomic E-state index is 12.0. The first kappa shape index (κ1) is 18.2. The topological polar surface area (TPSA) is 81.1 Å². The van der Waals surface area contributed by atoms with Gasteiger partial charge in [0.15, 0.2) is 5.82 Å². The normalized spacial score (nSPS) is 23.6. The van der Waals surface area contributed by atoms with Gasteiger partial charge in [-0.15, -0.1) is 10.2 Å². The number of carbonyl (C=O) groups excluding carboxylic acids is 1. The van der Waals surface area contributed by atoms with E-state index < -0.39 is 0 Å². The second-order valence-electron chi connectivity index (χ2n) is 7.28. The van der Waals surface area contributed by atoms with E-state index in [1.807, 2.05) is 0 Å². The Balaban J connectivity index is 1.34. The van der Waals surface area contributed by atoms with Crippen LogP contribution in [-0.4, -0.2) is 40.1 Å². The molecule has 2 atom stereocenters. The number of hydrogen-bond donors (Lipinski definition) is 2. The van der Waals surface area contributed by atoms with Gasteiger partial charge in [-0.25, -0.2) is 4.79 Å². The molecule has 1 aromatic heterocycles. The van der Waals surface area contributed by atoms with E-state index >= 15 is 0 Å². The Kier molecular flexibility index (Phi) is 6.67. The summed E-state index contributed by atoms with van der Waals surface area (Å²) in [6.45, 7) is 4.73. The lowest BCUT2D eigenvalue weighted by Gasteiger charge is -2.28. The van der Waals surface area contributed by atoms with E-state index in [0.29, 0.717) is 31.7 Å². The number of hydrogen-bond acceptors (Lipinski definition) is 4. The highest BCUT2D eigenvalue weighted by Crippen LogP contribution is 2.25. The van der Waals surface area contributed by atoms with Gasteiger partial charge in [0.25, 0.3) is 0 Å². The van der Waals surface area contributed by atoms with E-state index in [-0.39, 0.29) is 6.03 Å². The number of ether oxygens (including phenoxy) is 1. The van der Waals surface area contributed by atoms with Crippen LogP contribution >= 0.6 is 0 Å². The van der Waals surface area contributed by atoms with Gasteiger partial charge in [-0.05, 0) is 31.6 Å². The quantitative estimate of drug-likeness (QED) is 0.773. The fraction of sp³-hybridized carbons (Fsp3) is 0.833. The third-order valence-corrected chi connectivity index (χ3v) is 5.35. The molecule has 2 amide bonds. The maximum Gasteiger partial charge on any atom is 0.315 e. The summed E-state index contributed by atoms with van der Waals surface area (Å²) in [6.07, 6.45) is 9.86. The summed E-state index contributed by atoms with van der Waals surface area (Å²) in [6, 6.07) is -0.175. The lowest BCUT2D eigenvalue weighted by molar-refractivity contribution is -0.00243. The number of amides is 2. The van der Waals surface area contributed by atoms with Crippen molar-refractivity contribution < 1.29 is 9.53 Å². The lowest BCUT2D eigenvalue weighted by Crippen LogP contribution is -2.38. The van der Waals surface area contributed by atoms with Gasteiger partial charge in [0, 0.05) is 19.5 Å². The summed E-state index contributed by atoms with van der Waals surface area (Å²) in [4.78, 5) is 12.0. The van der Waals surface area contributed by atoms with Crippen molar-refractivity contribution in [1.29, 1.82) is 0 Å². The molecule has 140 valence electrons. The largest absolute Gasteiger partial charge is 0.376 e. The molecule has 1 aliphatic carbocycles. The van der Waals surface area contributed by atoms with Crippen molar-refractivity contribution >= 4 is 6.03 Å². The van der Waals surface area contributed by atoms with Crippen molar-refractivity contribution in [2.45, 2.75) is 77.5 Å². The van der Waals surface area contributed by atoms with Crippen molar-refractivity contribution in [2.75, 3.05) is 13.2 Å². The van der Waals surface area contributed by atoms with E-state index in [1.165, 1.54) is 32.1 Å². The molecule has 2 N–H and O–H groups in total. The molecular formula is C18H31N5O2. The molecule has 1 fully saturated rings. The van der Waals surface area contributed by atoms with Crippen LogP contribution in [0.2, 0.25) is 0 Å². The summed E-state index contributed by atoms with van der Waals surface area (Å²) in [5.41, 5.74) is 0. The molecule has 7 nitrogen and oxygen atoms in total. The Bertz CT molecular complexity index is 560. The van der Waals surface area contributed by atoms with Crippen molar-refractivity contribution in [3.05, 3.63) is 11.6 Å². The zero-order chi connectivity index (χ0) is 17.5. The predicted octanol–water partition coefficient (Wildman–Crippen LogP) is 2.40. The van der Waals surface area contributed by atoms with Crippen LogP contribution in [0.5, 0.6) is 0 Å². The van der Waals surface area contributed by atoms with Crippen LogP contribution < -0.4 is 10.6 Å². The minimum Gasteiger partial charge on any atom is -0.376 e. The summed E-state index contributed by atoms with van der Waals surface area (Å²) >= 11 is 0. The van der Waals surface area contributed by atoms with E-state index in [9.17, 15) is 4.79 Å². The minimum atomic E-state index is -0.175. The first-order valence-electron chi connectivity index (χ1n) is 9.78. The SMILES string of the molecule is C[C@H]1CCCC[C@H]1OCCNC(=O)NCc1nnc2n1CCCCC2. The van der Waals surface area contributed by atoms with Crippen LogP contribution in [0.15, 0.2) is 0 Å². The summed E-state index contributed by atoms with van der Waals surface area (Å²) in [5.74, 6) is 2.52. The first-order valence-corrected chi connectivity index (χ1v) is 9.78. The van der Waals surface area contributed by atoms with E-state index in [4.69, 9.17) is 4.74 Å². The number of nitrogens with zero attached hydrogens (tertiary/aromatic N) is 3. The maximum atomic E-state index is 12.0. The molecule has 25 heavy (non-hydrogen) atoms. The van der Waals surface area contributed by atoms with Gasteiger partial charge < -0.3 is 19.9 Å². The van der Waals surface area contributed by atoms with Gasteiger partial charge in [0.05, 0.1) is 19.3 Å². The molecule has 0 unspecified atom stereocenters. The van der Waals surface area contributed by atoms with Gasteiger partial charge in [-0.2, -0.15) is 0 Å². The van der Waals surface area contributed by atoms with Crippen LogP contribution in [0.3, 0.4) is 0 Å². The number of carbonyl (C=O) groups is 1. The number of rotatable bonds is 6. The van der Waals surface area contributed by atoms with Crippen molar-refractivity contribution in [1.82, 2.24) is 25.4 Å². The fourth-order valence-corrected chi connectivity index (χ4v) is 3.80. The number of nitrogens with one attached hydrogen (secondary N) is 2. The second-order valence-corrected chi connectivity index (χ2v) is 7.28. The number of aryl methyl sites for hydroxylation is 1. The summed E-state index contributed by atoms with van der Waals surface area (Å²) < 4.78 is 8.07. The Morgan fingerprint density at radius 2 is 2.04 bits per heavy atom. The smallest absolute Gasteiger partial charge is 0.315 e. The van der Waals surface area contributed by atoms with Gasteiger partial charge in [0.2, 0.25) is 0 Å². The van der Waals surface area contributed by atoms with E-state index in [0.717, 1.165) is 37.5 Å². The number of fused-ring (bicyclic) bond motifs is 1. The highest BCUT2D eigenvalue weighted by atomic mass is 16.5. The molecule has 2 aliphatic rings. The standard InChI is InChI=1S/C18H31N5O2/c1-14-7-4-5-8-15(14)25-12-10-19-18(24)20-13-17-22-21-16-9-3-2-6-11-23(16)17/h14-15H,2-13H2,1H3,(H2,19,20,24)/t14-,15+/m0/s1. The van der Waals surface area contributed by atoms with Crippen LogP contribution in [-0.2, 0) is 24.2 Å². The van der Waals surface area contributed by atoms with Crippen LogP contribution in [0.25, 0.3) is 0 Å². The van der Waals surface area contributed by atoms with E-state index in [1.54, 1.807) is 0 Å². The highest BCUT2D eigenvalue weighted by Gasteiger charge is 2.21. The minimum absolute atomic E-state index is 0.175. The monoisotopic (exact) mass is 349 g/mol. The molecule has 3 rings (SSSR count). The number of aromatic nitrogens is 3. The molecule has 0 aromatic carbocycles. The average molecular weight is 349 g/mol. The van der Waals surface area contributed by atoms with Crippen LogP contribution in [0.1, 0.15) is 63.5 Å². The average Bonchev–Trinajstić information content (AvgIpc) is 2.85. The van der Waals surface area contributed by atoms with Crippen molar-refractivity contribution in [3.63, 3.8) is 0 Å². The molecule has 1 saturated carbocycles. The Hall–Kier alpha value is -1.63. The fourth-order valence-electron chi connectivity index (χ4n) is 3.80. The van der Waals surface area contributed by atoms with Crippen LogP contribution in [0.4, 0.5) is 4.79 Å². The zero-order valence-electron chi connectivity index (χ0n) is 15.3. The Morgan fingerprint density at radius 1 is 1.16 bits per heavy atom. The molecule has 0 radical (unpaired) electrons. The Morgan fingerprint density at radius 3 is 2.92 bits per heavy atom. The lowest BCUT2D eigenvalue weighted by atomic mass is 9.88. The summed E-state index contributed by atoms with van der Waals surface area (Å²) in [7, 11) is 0. The molecule has 7 heteroatoms.